The van der Waals surface area contributed by atoms with Crippen LogP contribution in [0.4, 0.5) is 5.82 Å². The average Bonchev–Trinajstić information content (AvgIpc) is 2.74. The van der Waals surface area contributed by atoms with Crippen LogP contribution in [0, 0.1) is 0 Å². The summed E-state index contributed by atoms with van der Waals surface area (Å²) in [6.07, 6.45) is 5.03. The molecule has 96 valence electrons. The Morgan fingerprint density at radius 3 is 3.11 bits per heavy atom. The fourth-order valence-electron chi connectivity index (χ4n) is 1.67. The van der Waals surface area contributed by atoms with E-state index in [0.717, 1.165) is 18.2 Å². The van der Waals surface area contributed by atoms with E-state index in [-0.39, 0.29) is 12.5 Å². The molecule has 0 saturated heterocycles. The van der Waals surface area contributed by atoms with Gasteiger partial charge in [-0.3, -0.25) is 4.79 Å². The highest BCUT2D eigenvalue weighted by Crippen LogP contribution is 2.17. The van der Waals surface area contributed by atoms with E-state index in [2.05, 4.69) is 9.97 Å². The molecule has 0 bridgehead atoms. The van der Waals surface area contributed by atoms with E-state index < -0.39 is 0 Å². The first-order chi connectivity index (χ1) is 8.72. The second-order valence-corrected chi connectivity index (χ2v) is 4.01. The largest absolute Gasteiger partial charge is 0.464 e. The van der Waals surface area contributed by atoms with E-state index in [1.807, 2.05) is 6.92 Å². The summed E-state index contributed by atoms with van der Waals surface area (Å²) in [7, 11) is 0. The van der Waals surface area contributed by atoms with Gasteiger partial charge in [0.05, 0.1) is 12.0 Å². The predicted molar refractivity (Wildman–Crippen MR) is 67.8 cm³/mol. The van der Waals surface area contributed by atoms with Crippen LogP contribution in [0.2, 0.25) is 0 Å². The number of hydrogen-bond acceptors (Lipinski definition) is 5. The van der Waals surface area contributed by atoms with Crippen molar-refractivity contribution >= 4 is 22.8 Å². The fraction of sp³-hybridized carbons (Fsp3) is 0.417. The highest BCUT2D eigenvalue weighted by Gasteiger charge is 2.09. The van der Waals surface area contributed by atoms with Crippen molar-refractivity contribution in [2.45, 2.75) is 26.3 Å². The highest BCUT2D eigenvalue weighted by molar-refractivity contribution is 5.86. The maximum Gasteiger partial charge on any atom is 0.326 e. The van der Waals surface area contributed by atoms with Crippen molar-refractivity contribution in [1.29, 1.82) is 0 Å². The predicted octanol–water partition coefficient (Wildman–Crippen LogP) is 1.36. The standard InChI is InChI=1S/C12H16N4O2/c1-2-3-6-18-10(17)7-16-5-4-9-11(13)14-8-15-12(9)16/h4-5,8H,2-3,6-7H2,1H3,(H2,13,14,15). The van der Waals surface area contributed by atoms with Gasteiger partial charge in [0.25, 0.3) is 0 Å². The molecule has 0 spiro atoms. The zero-order valence-electron chi connectivity index (χ0n) is 10.3. The summed E-state index contributed by atoms with van der Waals surface area (Å²) in [4.78, 5) is 19.6. The highest BCUT2D eigenvalue weighted by atomic mass is 16.5. The van der Waals surface area contributed by atoms with Crippen LogP contribution >= 0.6 is 0 Å². The molecule has 0 aliphatic heterocycles. The Morgan fingerprint density at radius 2 is 2.33 bits per heavy atom. The molecule has 0 saturated carbocycles. The van der Waals surface area contributed by atoms with Gasteiger partial charge in [-0.1, -0.05) is 13.3 Å². The number of carbonyl (C=O) groups is 1. The lowest BCUT2D eigenvalue weighted by Crippen LogP contribution is -2.14. The first-order valence-electron chi connectivity index (χ1n) is 5.93. The number of nitrogens with two attached hydrogens (primary N) is 1. The summed E-state index contributed by atoms with van der Waals surface area (Å²) in [5.41, 5.74) is 6.37. The number of anilines is 1. The first kappa shape index (κ1) is 12.3. The van der Waals surface area contributed by atoms with Crippen LogP contribution < -0.4 is 5.73 Å². The smallest absolute Gasteiger partial charge is 0.326 e. The average molecular weight is 248 g/mol. The number of unbranched alkanes of at least 4 members (excludes halogenated alkanes) is 1. The van der Waals surface area contributed by atoms with Crippen LogP contribution in [-0.4, -0.2) is 27.1 Å². The van der Waals surface area contributed by atoms with Crippen LogP contribution in [0.25, 0.3) is 11.0 Å². The third-order valence-corrected chi connectivity index (χ3v) is 2.65. The molecular formula is C12H16N4O2. The normalized spacial score (nSPS) is 10.7. The Labute approximate surface area is 105 Å². The van der Waals surface area contributed by atoms with Gasteiger partial charge in [-0.2, -0.15) is 0 Å². The molecule has 2 aromatic heterocycles. The summed E-state index contributed by atoms with van der Waals surface area (Å²) in [6.45, 7) is 2.66. The number of carbonyl (C=O) groups excluding carboxylic acids is 1. The van der Waals surface area contributed by atoms with Crippen molar-refractivity contribution in [3.8, 4) is 0 Å². The number of rotatable bonds is 5. The summed E-state index contributed by atoms with van der Waals surface area (Å²) in [5, 5.41) is 0.749. The minimum Gasteiger partial charge on any atom is -0.464 e. The second kappa shape index (κ2) is 5.48. The summed E-state index contributed by atoms with van der Waals surface area (Å²) in [6, 6.07) is 1.80. The molecule has 2 rings (SSSR count). The van der Waals surface area contributed by atoms with Crippen molar-refractivity contribution in [3.63, 3.8) is 0 Å². The third-order valence-electron chi connectivity index (χ3n) is 2.65. The molecule has 0 aliphatic carbocycles. The maximum atomic E-state index is 11.6. The van der Waals surface area contributed by atoms with E-state index in [0.29, 0.717) is 18.1 Å². The van der Waals surface area contributed by atoms with E-state index in [9.17, 15) is 4.79 Å². The van der Waals surface area contributed by atoms with Crippen molar-refractivity contribution in [3.05, 3.63) is 18.6 Å². The Balaban J connectivity index is 2.08. The number of nitrogen functional groups attached to an aromatic ring is 1. The first-order valence-corrected chi connectivity index (χ1v) is 5.93. The molecule has 0 amide bonds. The quantitative estimate of drug-likeness (QED) is 0.638. The van der Waals surface area contributed by atoms with E-state index >= 15 is 0 Å². The molecule has 0 unspecified atom stereocenters. The van der Waals surface area contributed by atoms with Gasteiger partial charge in [-0.25, -0.2) is 9.97 Å². The number of esters is 1. The molecule has 6 nitrogen and oxygen atoms in total. The van der Waals surface area contributed by atoms with Gasteiger partial charge in [0.15, 0.2) is 0 Å². The number of nitrogens with zero attached hydrogens (tertiary/aromatic N) is 3. The summed E-state index contributed by atoms with van der Waals surface area (Å²) in [5.74, 6) is 0.149. The molecule has 0 atom stereocenters. The topological polar surface area (TPSA) is 83.0 Å². The minimum absolute atomic E-state index is 0.143. The lowest BCUT2D eigenvalue weighted by atomic mass is 10.4. The van der Waals surface area contributed by atoms with Gasteiger partial charge in [0.1, 0.15) is 24.3 Å². The summed E-state index contributed by atoms with van der Waals surface area (Å²) < 4.78 is 6.81. The summed E-state index contributed by atoms with van der Waals surface area (Å²) >= 11 is 0. The van der Waals surface area contributed by atoms with Gasteiger partial charge in [-0.15, -0.1) is 0 Å². The molecule has 2 N–H and O–H groups in total. The Morgan fingerprint density at radius 1 is 1.50 bits per heavy atom. The Bertz CT molecular complexity index is 550. The second-order valence-electron chi connectivity index (χ2n) is 4.01. The van der Waals surface area contributed by atoms with Gasteiger partial charge in [0.2, 0.25) is 0 Å². The van der Waals surface area contributed by atoms with Crippen LogP contribution in [0.1, 0.15) is 19.8 Å². The van der Waals surface area contributed by atoms with Crippen LogP contribution in [-0.2, 0) is 16.1 Å². The molecule has 0 radical (unpaired) electrons. The zero-order chi connectivity index (χ0) is 13.0. The van der Waals surface area contributed by atoms with E-state index in [1.165, 1.54) is 6.33 Å². The Hall–Kier alpha value is -2.11. The minimum atomic E-state index is -0.266. The third kappa shape index (κ3) is 2.58. The number of aromatic nitrogens is 3. The SMILES string of the molecule is CCCCOC(=O)Cn1ccc2c(N)ncnc21. The molecule has 2 aromatic rings. The van der Waals surface area contributed by atoms with E-state index in [4.69, 9.17) is 10.5 Å². The fourth-order valence-corrected chi connectivity index (χ4v) is 1.67. The molecule has 0 aliphatic rings. The zero-order valence-corrected chi connectivity index (χ0v) is 10.3. The monoisotopic (exact) mass is 248 g/mol. The van der Waals surface area contributed by atoms with Crippen molar-refractivity contribution in [2.24, 2.45) is 0 Å². The van der Waals surface area contributed by atoms with Crippen LogP contribution in [0.3, 0.4) is 0 Å². The molecule has 6 heteroatoms. The van der Waals surface area contributed by atoms with Gasteiger partial charge < -0.3 is 15.0 Å². The van der Waals surface area contributed by atoms with Gasteiger partial charge >= 0.3 is 5.97 Å². The lowest BCUT2D eigenvalue weighted by Gasteiger charge is -2.05. The number of hydrogen-bond donors (Lipinski definition) is 1. The molecule has 0 aromatic carbocycles. The van der Waals surface area contributed by atoms with Gasteiger partial charge in [0, 0.05) is 6.20 Å². The molecule has 18 heavy (non-hydrogen) atoms. The molecule has 2 heterocycles. The number of ether oxygens (including phenoxy) is 1. The molecule has 0 fully saturated rings. The maximum absolute atomic E-state index is 11.6. The lowest BCUT2D eigenvalue weighted by molar-refractivity contribution is -0.144. The van der Waals surface area contributed by atoms with E-state index in [1.54, 1.807) is 16.8 Å². The van der Waals surface area contributed by atoms with Crippen molar-refractivity contribution in [2.75, 3.05) is 12.3 Å². The van der Waals surface area contributed by atoms with Crippen LogP contribution in [0.5, 0.6) is 0 Å². The van der Waals surface area contributed by atoms with Crippen molar-refractivity contribution < 1.29 is 9.53 Å². The molecular weight excluding hydrogens is 232 g/mol. The van der Waals surface area contributed by atoms with Crippen molar-refractivity contribution in [1.82, 2.24) is 14.5 Å². The number of fused-ring (bicyclic) bond motifs is 1. The van der Waals surface area contributed by atoms with Gasteiger partial charge in [-0.05, 0) is 12.5 Å². The van der Waals surface area contributed by atoms with Crippen LogP contribution in [0.15, 0.2) is 18.6 Å². The Kier molecular flexibility index (Phi) is 3.76.